The predicted molar refractivity (Wildman–Crippen MR) is 80.4 cm³/mol. The van der Waals surface area contributed by atoms with Gasteiger partial charge < -0.3 is 10.1 Å². The van der Waals surface area contributed by atoms with Gasteiger partial charge in [0, 0.05) is 23.2 Å². The van der Waals surface area contributed by atoms with Crippen LogP contribution in [0, 0.1) is 10.1 Å². The van der Waals surface area contributed by atoms with Gasteiger partial charge in [-0.15, -0.1) is 6.58 Å². The molecule has 0 spiro atoms. The first-order valence-corrected chi connectivity index (χ1v) is 6.55. The third kappa shape index (κ3) is 5.64. The summed E-state index contributed by atoms with van der Waals surface area (Å²) in [4.78, 5) is 22.0. The first kappa shape index (κ1) is 16.7. The maximum Gasteiger partial charge on any atom is 0.269 e. The van der Waals surface area contributed by atoms with Gasteiger partial charge in [-0.05, 0) is 33.3 Å². The van der Waals surface area contributed by atoms with Gasteiger partial charge in [-0.2, -0.15) is 0 Å². The molecule has 114 valence electrons. The summed E-state index contributed by atoms with van der Waals surface area (Å²) in [5.74, 6) is 0.204. The highest BCUT2D eigenvalue weighted by Gasteiger charge is 2.15. The summed E-state index contributed by atoms with van der Waals surface area (Å²) < 4.78 is 5.45. The molecule has 1 rings (SSSR count). The van der Waals surface area contributed by atoms with E-state index in [9.17, 15) is 14.9 Å². The van der Waals surface area contributed by atoms with Crippen LogP contribution in [0.2, 0.25) is 0 Å². The molecule has 0 aromatic heterocycles. The molecule has 1 aromatic rings. The Bertz CT molecular complexity index is 547. The van der Waals surface area contributed by atoms with Crippen molar-refractivity contribution in [3.05, 3.63) is 46.5 Å². The second-order valence-electron chi connectivity index (χ2n) is 5.63. The Labute approximate surface area is 124 Å². The van der Waals surface area contributed by atoms with Crippen molar-refractivity contribution in [2.24, 2.45) is 0 Å². The lowest BCUT2D eigenvalue weighted by Gasteiger charge is -2.20. The number of nitro benzene ring substituents is 1. The minimum absolute atomic E-state index is 0.0154. The highest BCUT2D eigenvalue weighted by molar-refractivity contribution is 5.78. The number of nitrogens with one attached hydrogen (secondary N) is 1. The number of allylic oxidation sites excluding steroid dienone is 1. The number of rotatable bonds is 6. The van der Waals surface area contributed by atoms with E-state index < -0.39 is 4.92 Å². The van der Waals surface area contributed by atoms with E-state index in [1.54, 1.807) is 6.08 Å². The molecule has 1 N–H and O–H groups in total. The molecule has 0 aliphatic heterocycles. The van der Waals surface area contributed by atoms with Crippen LogP contribution in [-0.2, 0) is 11.2 Å². The molecular formula is C15H20N2O4. The molecular weight excluding hydrogens is 272 g/mol. The molecule has 1 aromatic carbocycles. The van der Waals surface area contributed by atoms with Gasteiger partial charge in [-0.25, -0.2) is 0 Å². The molecule has 0 fully saturated rings. The summed E-state index contributed by atoms with van der Waals surface area (Å²) in [5, 5.41) is 13.5. The van der Waals surface area contributed by atoms with Crippen LogP contribution < -0.4 is 10.1 Å². The van der Waals surface area contributed by atoms with E-state index in [1.165, 1.54) is 18.2 Å². The van der Waals surface area contributed by atoms with E-state index in [-0.39, 0.29) is 23.7 Å². The molecule has 6 nitrogen and oxygen atoms in total. The van der Waals surface area contributed by atoms with E-state index in [2.05, 4.69) is 11.9 Å². The molecule has 0 atom stereocenters. The topological polar surface area (TPSA) is 81.5 Å². The second-order valence-corrected chi connectivity index (χ2v) is 5.63. The van der Waals surface area contributed by atoms with Crippen molar-refractivity contribution >= 4 is 11.6 Å². The van der Waals surface area contributed by atoms with Crippen LogP contribution in [0.5, 0.6) is 5.75 Å². The molecule has 0 heterocycles. The van der Waals surface area contributed by atoms with Gasteiger partial charge >= 0.3 is 0 Å². The van der Waals surface area contributed by atoms with Gasteiger partial charge in [0.1, 0.15) is 5.75 Å². The predicted octanol–water partition coefficient (Wildman–Crippen LogP) is 2.62. The highest BCUT2D eigenvalue weighted by atomic mass is 16.6. The van der Waals surface area contributed by atoms with Gasteiger partial charge in [0.15, 0.2) is 6.61 Å². The van der Waals surface area contributed by atoms with Crippen LogP contribution in [0.1, 0.15) is 26.3 Å². The lowest BCUT2D eigenvalue weighted by atomic mass is 10.1. The minimum Gasteiger partial charge on any atom is -0.483 e. The van der Waals surface area contributed by atoms with Crippen molar-refractivity contribution in [1.82, 2.24) is 5.32 Å². The number of nitro groups is 1. The second kappa shape index (κ2) is 6.88. The minimum atomic E-state index is -0.470. The van der Waals surface area contributed by atoms with Gasteiger partial charge in [0.05, 0.1) is 4.92 Å². The number of ether oxygens (including phenoxy) is 1. The number of benzene rings is 1. The first-order valence-electron chi connectivity index (χ1n) is 6.55. The van der Waals surface area contributed by atoms with Crippen molar-refractivity contribution in [1.29, 1.82) is 0 Å². The Morgan fingerprint density at radius 3 is 2.67 bits per heavy atom. The summed E-state index contributed by atoms with van der Waals surface area (Å²) in [5.41, 5.74) is 0.279. The van der Waals surface area contributed by atoms with Crippen molar-refractivity contribution in [3.8, 4) is 5.75 Å². The lowest BCUT2D eigenvalue weighted by Crippen LogP contribution is -2.43. The molecule has 0 saturated carbocycles. The third-order valence-electron chi connectivity index (χ3n) is 2.49. The van der Waals surface area contributed by atoms with Crippen LogP contribution in [0.15, 0.2) is 30.9 Å². The van der Waals surface area contributed by atoms with Crippen molar-refractivity contribution in [3.63, 3.8) is 0 Å². The van der Waals surface area contributed by atoms with Gasteiger partial charge in [0.2, 0.25) is 0 Å². The number of amides is 1. The summed E-state index contributed by atoms with van der Waals surface area (Å²) in [6, 6.07) is 4.28. The number of hydrogen-bond donors (Lipinski definition) is 1. The maximum atomic E-state index is 11.7. The van der Waals surface area contributed by atoms with Crippen LogP contribution in [0.3, 0.4) is 0 Å². The monoisotopic (exact) mass is 292 g/mol. The van der Waals surface area contributed by atoms with Crippen LogP contribution in [-0.4, -0.2) is 23.0 Å². The zero-order valence-electron chi connectivity index (χ0n) is 12.5. The molecule has 0 saturated heterocycles. The van der Waals surface area contributed by atoms with E-state index in [0.717, 1.165) is 0 Å². The van der Waals surface area contributed by atoms with E-state index in [4.69, 9.17) is 4.74 Å². The Kier molecular flexibility index (Phi) is 5.46. The fourth-order valence-electron chi connectivity index (χ4n) is 1.73. The molecule has 0 bridgehead atoms. The Morgan fingerprint density at radius 1 is 1.48 bits per heavy atom. The van der Waals surface area contributed by atoms with Crippen LogP contribution >= 0.6 is 0 Å². The van der Waals surface area contributed by atoms with Gasteiger partial charge in [-0.3, -0.25) is 14.9 Å². The summed E-state index contributed by atoms with van der Waals surface area (Å²) in [6.07, 6.45) is 2.05. The number of carbonyl (C=O) groups excluding carboxylic acids is 1. The van der Waals surface area contributed by atoms with Gasteiger partial charge in [0.25, 0.3) is 11.6 Å². The van der Waals surface area contributed by atoms with Crippen LogP contribution in [0.4, 0.5) is 5.69 Å². The molecule has 21 heavy (non-hydrogen) atoms. The average Bonchev–Trinajstić information content (AvgIpc) is 2.35. The number of non-ortho nitro benzene ring substituents is 1. The molecule has 0 unspecified atom stereocenters. The Hall–Kier alpha value is -2.37. The molecule has 6 heteroatoms. The number of hydrogen-bond acceptors (Lipinski definition) is 4. The van der Waals surface area contributed by atoms with E-state index >= 15 is 0 Å². The van der Waals surface area contributed by atoms with Crippen molar-refractivity contribution in [2.75, 3.05) is 6.61 Å². The Morgan fingerprint density at radius 2 is 2.14 bits per heavy atom. The maximum absolute atomic E-state index is 11.7. The van der Waals surface area contributed by atoms with E-state index in [0.29, 0.717) is 17.7 Å². The smallest absolute Gasteiger partial charge is 0.269 e. The molecule has 1 amide bonds. The molecule has 0 aliphatic rings. The van der Waals surface area contributed by atoms with E-state index in [1.807, 2.05) is 20.8 Å². The van der Waals surface area contributed by atoms with Crippen molar-refractivity contribution < 1.29 is 14.5 Å². The largest absolute Gasteiger partial charge is 0.483 e. The zero-order valence-corrected chi connectivity index (χ0v) is 12.5. The zero-order chi connectivity index (χ0) is 16.0. The van der Waals surface area contributed by atoms with Gasteiger partial charge in [-0.1, -0.05) is 6.08 Å². The van der Waals surface area contributed by atoms with Crippen LogP contribution in [0.25, 0.3) is 0 Å². The number of carbonyl (C=O) groups is 1. The fraction of sp³-hybridized carbons (Fsp3) is 0.400. The standard InChI is InChI=1S/C15H20N2O4/c1-5-6-11-9-12(17(19)20)7-8-13(11)21-10-14(18)16-15(2,3)4/h5,7-9H,1,6,10H2,2-4H3,(H,16,18). The highest BCUT2D eigenvalue weighted by Crippen LogP contribution is 2.25. The lowest BCUT2D eigenvalue weighted by molar-refractivity contribution is -0.384. The summed E-state index contributed by atoms with van der Waals surface area (Å²) >= 11 is 0. The quantitative estimate of drug-likeness (QED) is 0.496. The number of nitrogens with zero attached hydrogens (tertiary/aromatic N) is 1. The third-order valence-corrected chi connectivity index (χ3v) is 2.49. The average molecular weight is 292 g/mol. The molecule has 0 aliphatic carbocycles. The normalized spacial score (nSPS) is 10.8. The summed E-state index contributed by atoms with van der Waals surface area (Å²) in [6.45, 7) is 9.10. The SMILES string of the molecule is C=CCc1cc([N+](=O)[O-])ccc1OCC(=O)NC(C)(C)C. The summed E-state index contributed by atoms with van der Waals surface area (Å²) in [7, 11) is 0. The first-order chi connectivity index (χ1) is 9.73. The Balaban J connectivity index is 2.80. The molecule has 0 radical (unpaired) electrons. The fourth-order valence-corrected chi connectivity index (χ4v) is 1.73. The van der Waals surface area contributed by atoms with Crippen molar-refractivity contribution in [2.45, 2.75) is 32.7 Å².